The van der Waals surface area contributed by atoms with Gasteiger partial charge in [-0.1, -0.05) is 24.3 Å². The van der Waals surface area contributed by atoms with E-state index in [1.54, 1.807) is 30.5 Å². The molecular weight excluding hydrogens is 597 g/mol. The van der Waals surface area contributed by atoms with Gasteiger partial charge in [-0.3, -0.25) is 19.2 Å². The third kappa shape index (κ3) is 6.45. The summed E-state index contributed by atoms with van der Waals surface area (Å²) in [6, 6.07) is 8.35. The number of halogens is 3. The highest BCUT2D eigenvalue weighted by Gasteiger charge is 2.31. The van der Waals surface area contributed by atoms with Gasteiger partial charge in [0.1, 0.15) is 17.3 Å². The Kier molecular flexibility index (Phi) is 8.51. The van der Waals surface area contributed by atoms with Crippen LogP contribution in [0, 0.1) is 0 Å². The number of alkyl halides is 3. The number of benzene rings is 1. The van der Waals surface area contributed by atoms with Crippen LogP contribution in [0.4, 0.5) is 24.8 Å². The van der Waals surface area contributed by atoms with E-state index in [9.17, 15) is 22.8 Å². The Morgan fingerprint density at radius 3 is 2.67 bits per heavy atom. The van der Waals surface area contributed by atoms with Crippen LogP contribution in [0.3, 0.4) is 0 Å². The maximum Gasteiger partial charge on any atom is 0.416 e. The lowest BCUT2D eigenvalue weighted by Gasteiger charge is -2.31. The molecule has 4 N–H and O–H groups in total. The van der Waals surface area contributed by atoms with Crippen LogP contribution in [-0.4, -0.2) is 62.1 Å². The second-order valence-corrected chi connectivity index (χ2v) is 12.1. The maximum atomic E-state index is 13.1. The van der Waals surface area contributed by atoms with E-state index in [1.807, 2.05) is 30.8 Å². The first kappa shape index (κ1) is 31.2. The van der Waals surface area contributed by atoms with Crippen LogP contribution in [0.5, 0.6) is 0 Å². The number of rotatable bonds is 3. The van der Waals surface area contributed by atoms with Crippen molar-refractivity contribution in [1.82, 2.24) is 30.0 Å². The molecule has 13 heteroatoms. The number of nitrogens with zero attached hydrogens (tertiary/aromatic N) is 5. The van der Waals surface area contributed by atoms with E-state index >= 15 is 0 Å². The summed E-state index contributed by atoms with van der Waals surface area (Å²) in [5, 5.41) is 11.5. The number of aromatic nitrogens is 4. The second kappa shape index (κ2) is 12.5. The Hall–Kier alpha value is -4.78. The van der Waals surface area contributed by atoms with Crippen LogP contribution in [0.1, 0.15) is 66.6 Å². The fourth-order valence-corrected chi connectivity index (χ4v) is 6.20. The summed E-state index contributed by atoms with van der Waals surface area (Å²) < 4.78 is 41.4. The first-order valence-corrected chi connectivity index (χ1v) is 15.3. The van der Waals surface area contributed by atoms with Crippen LogP contribution in [-0.2, 0) is 11.0 Å². The van der Waals surface area contributed by atoms with Crippen LogP contribution < -0.4 is 16.4 Å². The molecule has 4 aromatic rings. The lowest BCUT2D eigenvalue weighted by atomic mass is 9.90. The number of carbonyl (C=O) groups is 2. The molecule has 3 atom stereocenters. The van der Waals surface area contributed by atoms with E-state index in [-0.39, 0.29) is 35.4 Å². The molecule has 0 unspecified atom stereocenters. The van der Waals surface area contributed by atoms with Gasteiger partial charge in [0.15, 0.2) is 0 Å². The number of amides is 2. The van der Waals surface area contributed by atoms with E-state index in [0.717, 1.165) is 55.1 Å². The van der Waals surface area contributed by atoms with Gasteiger partial charge < -0.3 is 16.4 Å². The van der Waals surface area contributed by atoms with Gasteiger partial charge in [-0.15, -0.1) is 0 Å². The minimum Gasteiger partial charge on any atom is -0.383 e. The van der Waals surface area contributed by atoms with Gasteiger partial charge in [0.05, 0.1) is 22.5 Å². The molecule has 0 spiro atoms. The van der Waals surface area contributed by atoms with Crippen LogP contribution >= 0.6 is 0 Å². The van der Waals surface area contributed by atoms with Crippen molar-refractivity contribution < 1.29 is 22.8 Å². The largest absolute Gasteiger partial charge is 0.416 e. The van der Waals surface area contributed by atoms with Crippen LogP contribution in [0.2, 0.25) is 0 Å². The van der Waals surface area contributed by atoms with Crippen molar-refractivity contribution >= 4 is 40.4 Å². The number of carbonyl (C=O) groups excluding carboxylic acids is 2. The van der Waals surface area contributed by atoms with Crippen molar-refractivity contribution in [3.63, 3.8) is 0 Å². The fraction of sp³-hybridized carbons (Fsp3) is 0.364. The van der Waals surface area contributed by atoms with Crippen molar-refractivity contribution in [2.24, 2.45) is 0 Å². The Morgan fingerprint density at radius 2 is 1.91 bits per heavy atom. The number of fused-ring (bicyclic) bond motifs is 3. The normalized spacial score (nSPS) is 21.8. The molecule has 1 fully saturated rings. The summed E-state index contributed by atoms with van der Waals surface area (Å²) in [6.45, 7) is 2.68. The quantitative estimate of drug-likeness (QED) is 0.265. The molecule has 46 heavy (non-hydrogen) atoms. The zero-order valence-electron chi connectivity index (χ0n) is 25.5. The fourth-order valence-electron chi connectivity index (χ4n) is 6.20. The zero-order chi connectivity index (χ0) is 32.6. The minimum atomic E-state index is -4.56. The number of hydrogen-bond acceptors (Lipinski definition) is 7. The summed E-state index contributed by atoms with van der Waals surface area (Å²) >= 11 is 0. The molecule has 10 nitrogen and oxygen atoms in total. The van der Waals surface area contributed by atoms with Crippen molar-refractivity contribution in [3.05, 3.63) is 71.6 Å². The molecule has 4 heterocycles. The van der Waals surface area contributed by atoms with Crippen molar-refractivity contribution in [3.8, 4) is 11.3 Å². The van der Waals surface area contributed by atoms with E-state index in [4.69, 9.17) is 10.8 Å². The predicted molar refractivity (Wildman–Crippen MR) is 170 cm³/mol. The molecular formula is C33H35F3N8O2. The molecule has 6 rings (SSSR count). The number of likely N-dealkylation sites (N-methyl/N-ethyl adjacent to an activating group) is 1. The van der Waals surface area contributed by atoms with Crippen LogP contribution in [0.25, 0.3) is 28.2 Å². The SMILES string of the molecule is C[C@@H]1CC(=O)N[C@@H]2CCC[C@H](C2)n2nc(-c3ccc(C(=O)Nc4cc(C(F)(F)F)ccn4)cc3)c3c(N)ncc(c32)/C=C/CN1C. The summed E-state index contributed by atoms with van der Waals surface area (Å²) in [6.07, 6.45) is 6.10. The summed E-state index contributed by atoms with van der Waals surface area (Å²) in [5.74, 6) is -0.446. The number of hydrogen-bond donors (Lipinski definition) is 3. The number of anilines is 2. The van der Waals surface area contributed by atoms with Gasteiger partial charge in [0.25, 0.3) is 5.91 Å². The first-order valence-electron chi connectivity index (χ1n) is 15.3. The van der Waals surface area contributed by atoms with Gasteiger partial charge in [-0.05, 0) is 63.9 Å². The maximum absolute atomic E-state index is 13.1. The van der Waals surface area contributed by atoms with Crippen molar-refractivity contribution in [2.45, 2.75) is 63.3 Å². The Labute approximate surface area is 263 Å². The molecule has 2 amide bonds. The highest BCUT2D eigenvalue weighted by molar-refractivity contribution is 6.06. The molecule has 1 saturated carbocycles. The van der Waals surface area contributed by atoms with Gasteiger partial charge in [0.2, 0.25) is 5.91 Å². The van der Waals surface area contributed by atoms with E-state index in [0.29, 0.717) is 35.4 Å². The number of nitrogen functional groups attached to an aromatic ring is 1. The second-order valence-electron chi connectivity index (χ2n) is 12.1. The zero-order valence-corrected chi connectivity index (χ0v) is 25.5. The van der Waals surface area contributed by atoms with Crippen LogP contribution in [0.15, 0.2) is 54.9 Å². The topological polar surface area (TPSA) is 131 Å². The molecule has 1 aromatic carbocycles. The molecule has 2 aliphatic rings. The molecule has 240 valence electrons. The third-order valence-corrected chi connectivity index (χ3v) is 8.81. The van der Waals surface area contributed by atoms with Crippen molar-refractivity contribution in [1.29, 1.82) is 0 Å². The van der Waals surface area contributed by atoms with E-state index in [1.165, 1.54) is 0 Å². The number of pyridine rings is 2. The number of nitrogens with two attached hydrogens (primary N) is 1. The van der Waals surface area contributed by atoms with Gasteiger partial charge in [-0.2, -0.15) is 18.3 Å². The lowest BCUT2D eigenvalue weighted by Crippen LogP contribution is -2.42. The monoisotopic (exact) mass is 632 g/mol. The predicted octanol–water partition coefficient (Wildman–Crippen LogP) is 5.68. The summed E-state index contributed by atoms with van der Waals surface area (Å²) in [7, 11) is 1.99. The molecule has 1 aliphatic heterocycles. The Bertz CT molecular complexity index is 1800. The van der Waals surface area contributed by atoms with Gasteiger partial charge in [-0.25, -0.2) is 9.97 Å². The Balaban J connectivity index is 1.37. The minimum absolute atomic E-state index is 0.0114. The molecule has 0 saturated heterocycles. The first-order chi connectivity index (χ1) is 22.0. The summed E-state index contributed by atoms with van der Waals surface area (Å²) in [5.41, 5.74) is 8.85. The van der Waals surface area contributed by atoms with E-state index in [2.05, 4.69) is 25.5 Å². The third-order valence-electron chi connectivity index (χ3n) is 8.81. The average Bonchev–Trinajstić information content (AvgIpc) is 3.43. The Morgan fingerprint density at radius 1 is 1.13 bits per heavy atom. The standard InChI is InChI=1S/C33H35F3N8O2/c1-19-15-27(45)40-24-6-3-7-25(17-24)44-30-22(5-4-14-43(19)2)18-39-31(37)28(30)29(42-44)20-8-10-21(11-9-20)32(46)41-26-16-23(12-13-38-26)33(34,35)36/h4-5,8-13,16,18-19,24-25H,3,6-7,14-15,17H2,1-2H3,(H2,37,39)(H,40,45)(H,38,41,46)/b5-4+/t19-,24-,25-/m1/s1. The number of nitrogens with one attached hydrogen (secondary N) is 2. The molecule has 1 aliphatic carbocycles. The van der Waals surface area contributed by atoms with Crippen molar-refractivity contribution in [2.75, 3.05) is 24.6 Å². The molecule has 3 aromatic heterocycles. The van der Waals surface area contributed by atoms with Gasteiger partial charge in [0, 0.05) is 54.1 Å². The lowest BCUT2D eigenvalue weighted by molar-refractivity contribution is -0.137. The highest BCUT2D eigenvalue weighted by atomic mass is 19.4. The van der Waals surface area contributed by atoms with Gasteiger partial charge >= 0.3 is 6.18 Å². The molecule has 2 bridgehead atoms. The smallest absolute Gasteiger partial charge is 0.383 e. The van der Waals surface area contributed by atoms with E-state index < -0.39 is 17.6 Å². The summed E-state index contributed by atoms with van der Waals surface area (Å²) in [4.78, 5) is 36.3. The highest BCUT2D eigenvalue weighted by Crippen LogP contribution is 2.39. The molecule has 0 radical (unpaired) electrons. The average molecular weight is 633 g/mol.